The molecule has 0 bridgehead atoms. The van der Waals surface area contributed by atoms with Crippen molar-refractivity contribution in [3.63, 3.8) is 0 Å². The van der Waals surface area contributed by atoms with E-state index in [2.05, 4.69) is 35.1 Å². The number of likely N-dealkylation sites (N-methyl/N-ethyl adjacent to an activating group) is 1. The number of benzene rings is 1. The molecular weight excluding hydrogens is 282 g/mol. The van der Waals surface area contributed by atoms with Crippen LogP contribution in [-0.4, -0.2) is 25.8 Å². The van der Waals surface area contributed by atoms with Crippen LogP contribution in [0.1, 0.15) is 37.0 Å². The third-order valence-electron chi connectivity index (χ3n) is 2.69. The molecular formula is C13H20BrNO2. The van der Waals surface area contributed by atoms with Crippen molar-refractivity contribution in [2.24, 2.45) is 0 Å². The first-order chi connectivity index (χ1) is 8.01. The molecule has 96 valence electrons. The molecule has 0 saturated carbocycles. The Kier molecular flexibility index (Phi) is 5.43. The zero-order chi connectivity index (χ0) is 13.0. The maximum Gasteiger partial charge on any atom is 0.128 e. The van der Waals surface area contributed by atoms with E-state index in [0.29, 0.717) is 12.5 Å². The molecule has 0 fully saturated rings. The Morgan fingerprint density at radius 3 is 2.41 bits per heavy atom. The third-order valence-corrected chi connectivity index (χ3v) is 3.15. The van der Waals surface area contributed by atoms with Crippen molar-refractivity contribution in [3.05, 3.63) is 27.7 Å². The highest BCUT2D eigenvalue weighted by Crippen LogP contribution is 2.36. The smallest absolute Gasteiger partial charge is 0.128 e. The number of methoxy groups -OCH3 is 1. The Bertz CT molecular complexity index is 380. The minimum Gasteiger partial charge on any atom is -0.496 e. The molecule has 1 unspecified atom stereocenters. The Labute approximate surface area is 111 Å². The monoisotopic (exact) mass is 301 g/mol. The number of rotatable bonds is 5. The first-order valence-electron chi connectivity index (χ1n) is 5.71. The van der Waals surface area contributed by atoms with Crippen molar-refractivity contribution in [1.29, 1.82) is 0 Å². The fourth-order valence-corrected chi connectivity index (χ4v) is 2.35. The van der Waals surface area contributed by atoms with Gasteiger partial charge in [-0.2, -0.15) is 0 Å². The minimum absolute atomic E-state index is 0.350. The SMILES string of the molecule is CNCC(O)c1cc(Br)cc(C(C)C)c1OC. The number of nitrogens with one attached hydrogen (secondary N) is 1. The quantitative estimate of drug-likeness (QED) is 0.879. The van der Waals surface area contributed by atoms with Gasteiger partial charge in [0.1, 0.15) is 5.75 Å². The van der Waals surface area contributed by atoms with Gasteiger partial charge < -0.3 is 15.2 Å². The van der Waals surface area contributed by atoms with Gasteiger partial charge in [0.15, 0.2) is 0 Å². The molecule has 3 nitrogen and oxygen atoms in total. The van der Waals surface area contributed by atoms with E-state index >= 15 is 0 Å². The first kappa shape index (κ1) is 14.5. The summed E-state index contributed by atoms with van der Waals surface area (Å²) >= 11 is 3.48. The summed E-state index contributed by atoms with van der Waals surface area (Å²) in [5.41, 5.74) is 1.92. The molecule has 0 amide bonds. The number of aliphatic hydroxyl groups is 1. The molecule has 0 aliphatic heterocycles. The molecule has 1 atom stereocenters. The van der Waals surface area contributed by atoms with Gasteiger partial charge in [-0.25, -0.2) is 0 Å². The van der Waals surface area contributed by atoms with Gasteiger partial charge in [0.25, 0.3) is 0 Å². The minimum atomic E-state index is -0.565. The number of hydrogen-bond acceptors (Lipinski definition) is 3. The Morgan fingerprint density at radius 2 is 1.94 bits per heavy atom. The van der Waals surface area contributed by atoms with Gasteiger partial charge in [-0.05, 0) is 30.7 Å². The predicted molar refractivity (Wildman–Crippen MR) is 73.7 cm³/mol. The standard InChI is InChI=1S/C13H20BrNO2/c1-8(2)10-5-9(14)6-11(13(10)17-4)12(16)7-15-3/h5-6,8,12,15-16H,7H2,1-4H3. The van der Waals surface area contributed by atoms with E-state index < -0.39 is 6.10 Å². The average Bonchev–Trinajstić information content (AvgIpc) is 2.28. The highest BCUT2D eigenvalue weighted by molar-refractivity contribution is 9.10. The lowest BCUT2D eigenvalue weighted by Gasteiger charge is -2.20. The van der Waals surface area contributed by atoms with E-state index in [1.165, 1.54) is 0 Å². The van der Waals surface area contributed by atoms with Crippen LogP contribution in [0, 0.1) is 0 Å². The summed E-state index contributed by atoms with van der Waals surface area (Å²) in [5.74, 6) is 1.13. The Balaban J connectivity index is 3.27. The summed E-state index contributed by atoms with van der Waals surface area (Å²) in [4.78, 5) is 0. The van der Waals surface area contributed by atoms with Crippen molar-refractivity contribution < 1.29 is 9.84 Å². The highest BCUT2D eigenvalue weighted by Gasteiger charge is 2.18. The fraction of sp³-hybridized carbons (Fsp3) is 0.538. The summed E-state index contributed by atoms with van der Waals surface area (Å²) in [5, 5.41) is 13.1. The lowest BCUT2D eigenvalue weighted by Crippen LogP contribution is -2.17. The van der Waals surface area contributed by atoms with Gasteiger partial charge >= 0.3 is 0 Å². The van der Waals surface area contributed by atoms with Gasteiger partial charge in [0.05, 0.1) is 13.2 Å². The molecule has 0 aliphatic carbocycles. The van der Waals surface area contributed by atoms with Crippen LogP contribution in [-0.2, 0) is 0 Å². The number of ether oxygens (including phenoxy) is 1. The van der Waals surface area contributed by atoms with Crippen LogP contribution in [0.4, 0.5) is 0 Å². The Hall–Kier alpha value is -0.580. The van der Waals surface area contributed by atoms with Crippen LogP contribution in [0.15, 0.2) is 16.6 Å². The molecule has 2 N–H and O–H groups in total. The van der Waals surface area contributed by atoms with Crippen molar-refractivity contribution in [1.82, 2.24) is 5.32 Å². The second-order valence-corrected chi connectivity index (χ2v) is 5.26. The first-order valence-corrected chi connectivity index (χ1v) is 6.50. The van der Waals surface area contributed by atoms with Crippen LogP contribution >= 0.6 is 15.9 Å². The second kappa shape index (κ2) is 6.38. The molecule has 0 saturated heterocycles. The maximum atomic E-state index is 10.1. The van der Waals surface area contributed by atoms with Gasteiger partial charge in [-0.15, -0.1) is 0 Å². The molecule has 0 aliphatic rings. The zero-order valence-corrected chi connectivity index (χ0v) is 12.3. The number of halogens is 1. The molecule has 4 heteroatoms. The lowest BCUT2D eigenvalue weighted by atomic mass is 9.96. The summed E-state index contributed by atoms with van der Waals surface area (Å²) < 4.78 is 6.42. The predicted octanol–water partition coefficient (Wildman–Crippen LogP) is 2.83. The molecule has 0 spiro atoms. The van der Waals surface area contributed by atoms with Crippen molar-refractivity contribution in [3.8, 4) is 5.75 Å². The molecule has 0 aromatic heterocycles. The van der Waals surface area contributed by atoms with E-state index in [-0.39, 0.29) is 0 Å². The van der Waals surface area contributed by atoms with E-state index in [9.17, 15) is 5.11 Å². The van der Waals surface area contributed by atoms with E-state index in [0.717, 1.165) is 21.3 Å². The zero-order valence-electron chi connectivity index (χ0n) is 10.7. The van der Waals surface area contributed by atoms with Crippen LogP contribution in [0.25, 0.3) is 0 Å². The molecule has 1 aromatic carbocycles. The molecule has 1 aromatic rings. The van der Waals surface area contributed by atoms with Crippen molar-refractivity contribution in [2.45, 2.75) is 25.9 Å². The van der Waals surface area contributed by atoms with Gasteiger partial charge in [-0.1, -0.05) is 29.8 Å². The number of hydrogen-bond donors (Lipinski definition) is 2. The molecule has 1 rings (SSSR count). The van der Waals surface area contributed by atoms with E-state index in [1.807, 2.05) is 19.2 Å². The summed E-state index contributed by atoms with van der Waals surface area (Å²) in [7, 11) is 3.46. The number of aliphatic hydroxyl groups excluding tert-OH is 1. The average molecular weight is 302 g/mol. The molecule has 0 heterocycles. The highest BCUT2D eigenvalue weighted by atomic mass is 79.9. The van der Waals surface area contributed by atoms with Gasteiger partial charge in [0.2, 0.25) is 0 Å². The molecule has 0 radical (unpaired) electrons. The van der Waals surface area contributed by atoms with E-state index in [4.69, 9.17) is 4.74 Å². The lowest BCUT2D eigenvalue weighted by molar-refractivity contribution is 0.173. The topological polar surface area (TPSA) is 41.5 Å². The Morgan fingerprint density at radius 1 is 1.35 bits per heavy atom. The summed E-state index contributed by atoms with van der Waals surface area (Å²) in [6.07, 6.45) is -0.565. The van der Waals surface area contributed by atoms with Crippen LogP contribution in [0.3, 0.4) is 0 Å². The van der Waals surface area contributed by atoms with Crippen LogP contribution < -0.4 is 10.1 Å². The maximum absolute atomic E-state index is 10.1. The van der Waals surface area contributed by atoms with Crippen molar-refractivity contribution >= 4 is 15.9 Å². The fourth-order valence-electron chi connectivity index (χ4n) is 1.85. The largest absolute Gasteiger partial charge is 0.496 e. The van der Waals surface area contributed by atoms with Gasteiger partial charge in [-0.3, -0.25) is 0 Å². The van der Waals surface area contributed by atoms with E-state index in [1.54, 1.807) is 7.11 Å². The summed E-state index contributed by atoms with van der Waals surface area (Å²) in [6, 6.07) is 3.95. The van der Waals surface area contributed by atoms with Gasteiger partial charge in [0, 0.05) is 16.6 Å². The van der Waals surface area contributed by atoms with Crippen LogP contribution in [0.5, 0.6) is 5.75 Å². The molecule has 17 heavy (non-hydrogen) atoms. The van der Waals surface area contributed by atoms with Crippen LogP contribution in [0.2, 0.25) is 0 Å². The third kappa shape index (κ3) is 3.44. The van der Waals surface area contributed by atoms with Crippen molar-refractivity contribution in [2.75, 3.05) is 20.7 Å². The summed E-state index contributed by atoms with van der Waals surface area (Å²) in [6.45, 7) is 4.72. The normalized spacial score (nSPS) is 12.9. The second-order valence-electron chi connectivity index (χ2n) is 4.35.